The molecule has 0 aromatic carbocycles. The molecule has 1 aliphatic rings. The number of urea groups is 1. The molecule has 3 N–H and O–H groups in total. The molecule has 0 radical (unpaired) electrons. The minimum Gasteiger partial charge on any atom is -0.481 e. The summed E-state index contributed by atoms with van der Waals surface area (Å²) in [6, 6.07) is 1.60. The van der Waals surface area contributed by atoms with E-state index in [1.807, 2.05) is 6.07 Å². The summed E-state index contributed by atoms with van der Waals surface area (Å²) in [6.07, 6.45) is 2.69. The highest BCUT2D eigenvalue weighted by Gasteiger charge is 2.22. The maximum Gasteiger partial charge on any atom is 0.317 e. The molecule has 0 bridgehead atoms. The van der Waals surface area contributed by atoms with Crippen LogP contribution < -0.4 is 10.9 Å². The molecule has 108 valence electrons. The number of hydrogen-bond acceptors (Lipinski definition) is 3. The van der Waals surface area contributed by atoms with Gasteiger partial charge in [0, 0.05) is 31.3 Å². The Hall–Kier alpha value is -2.31. The zero-order valence-electron chi connectivity index (χ0n) is 11.0. The van der Waals surface area contributed by atoms with Crippen LogP contribution in [0, 0.1) is 0 Å². The number of H-pyrrole nitrogens is 1. The molecule has 2 heterocycles. The van der Waals surface area contributed by atoms with Crippen molar-refractivity contribution in [3.05, 3.63) is 33.7 Å². The second-order valence-corrected chi connectivity index (χ2v) is 4.71. The van der Waals surface area contributed by atoms with Gasteiger partial charge in [-0.3, -0.25) is 9.59 Å². The second-order valence-electron chi connectivity index (χ2n) is 4.71. The van der Waals surface area contributed by atoms with E-state index in [1.165, 1.54) is 0 Å². The van der Waals surface area contributed by atoms with E-state index >= 15 is 0 Å². The van der Waals surface area contributed by atoms with Gasteiger partial charge in [0.25, 0.3) is 5.56 Å². The first-order valence-corrected chi connectivity index (χ1v) is 6.52. The number of aliphatic carboxylic acids is 1. The molecule has 1 aliphatic heterocycles. The number of rotatable bonds is 4. The van der Waals surface area contributed by atoms with Gasteiger partial charge in [0.15, 0.2) is 0 Å². The van der Waals surface area contributed by atoms with Crippen LogP contribution in [0.2, 0.25) is 0 Å². The molecule has 7 heteroatoms. The van der Waals surface area contributed by atoms with Crippen LogP contribution in [0.1, 0.15) is 24.0 Å². The Morgan fingerprint density at radius 1 is 1.45 bits per heavy atom. The van der Waals surface area contributed by atoms with Crippen molar-refractivity contribution in [3.63, 3.8) is 0 Å². The lowest BCUT2D eigenvalue weighted by Crippen LogP contribution is -2.44. The summed E-state index contributed by atoms with van der Waals surface area (Å²) in [5, 5.41) is 11.2. The van der Waals surface area contributed by atoms with Gasteiger partial charge in [-0.25, -0.2) is 4.79 Å². The molecule has 1 aromatic heterocycles. The Morgan fingerprint density at radius 3 is 3.00 bits per heavy atom. The van der Waals surface area contributed by atoms with Gasteiger partial charge in [-0.2, -0.15) is 0 Å². The molecule has 2 rings (SSSR count). The minimum absolute atomic E-state index is 0.0305. The number of pyridine rings is 1. The third-order valence-electron chi connectivity index (χ3n) is 3.29. The molecule has 2 amide bonds. The van der Waals surface area contributed by atoms with Gasteiger partial charge in [0.2, 0.25) is 0 Å². The van der Waals surface area contributed by atoms with Gasteiger partial charge in [-0.1, -0.05) is 0 Å². The van der Waals surface area contributed by atoms with Crippen molar-refractivity contribution in [2.24, 2.45) is 0 Å². The Morgan fingerprint density at radius 2 is 2.25 bits per heavy atom. The highest BCUT2D eigenvalue weighted by Crippen LogP contribution is 2.14. The van der Waals surface area contributed by atoms with Crippen LogP contribution in [0.15, 0.2) is 17.1 Å². The topological polar surface area (TPSA) is 102 Å². The van der Waals surface area contributed by atoms with E-state index in [2.05, 4.69) is 10.3 Å². The molecule has 0 saturated heterocycles. The number of carboxylic acids is 1. The summed E-state index contributed by atoms with van der Waals surface area (Å²) < 4.78 is 0. The Labute approximate surface area is 115 Å². The predicted molar refractivity (Wildman–Crippen MR) is 71.4 cm³/mol. The number of carbonyl (C=O) groups is 2. The minimum atomic E-state index is -0.877. The van der Waals surface area contributed by atoms with E-state index in [9.17, 15) is 14.4 Å². The molecule has 0 atom stereocenters. The molecular weight excluding hydrogens is 262 g/mol. The number of fused-ring (bicyclic) bond motifs is 1. The first-order chi connectivity index (χ1) is 9.58. The maximum absolute atomic E-state index is 11.9. The van der Waals surface area contributed by atoms with Gasteiger partial charge in [-0.15, -0.1) is 0 Å². The summed E-state index contributed by atoms with van der Waals surface area (Å²) in [5.41, 5.74) is 1.44. The Balaban J connectivity index is 1.89. The Bertz CT molecular complexity index is 567. The molecule has 0 unspecified atom stereocenters. The van der Waals surface area contributed by atoms with Crippen molar-refractivity contribution >= 4 is 12.0 Å². The van der Waals surface area contributed by atoms with Crippen molar-refractivity contribution in [1.29, 1.82) is 0 Å². The van der Waals surface area contributed by atoms with E-state index in [0.29, 0.717) is 31.5 Å². The number of aromatic nitrogens is 1. The molecule has 0 saturated carbocycles. The quantitative estimate of drug-likeness (QED) is 0.690. The number of carbonyl (C=O) groups excluding carboxylic acids is 1. The summed E-state index contributed by atoms with van der Waals surface area (Å²) >= 11 is 0. The van der Waals surface area contributed by atoms with Crippen LogP contribution in [0.25, 0.3) is 0 Å². The van der Waals surface area contributed by atoms with Crippen LogP contribution in [-0.4, -0.2) is 40.1 Å². The first kappa shape index (κ1) is 14.1. The number of carboxylic acid groups (broad SMARTS) is 1. The third-order valence-corrected chi connectivity index (χ3v) is 3.29. The SMILES string of the molecule is O=C(O)CCCNC(=O)N1CCc2cc[nH]c(=O)c2C1. The van der Waals surface area contributed by atoms with Crippen LogP contribution in [0.3, 0.4) is 0 Å². The molecule has 7 nitrogen and oxygen atoms in total. The fourth-order valence-corrected chi connectivity index (χ4v) is 2.20. The fourth-order valence-electron chi connectivity index (χ4n) is 2.20. The summed E-state index contributed by atoms with van der Waals surface area (Å²) in [6.45, 7) is 1.16. The summed E-state index contributed by atoms with van der Waals surface area (Å²) in [4.78, 5) is 38.1. The molecule has 1 aromatic rings. The number of nitrogens with one attached hydrogen (secondary N) is 2. The van der Waals surface area contributed by atoms with Crippen molar-refractivity contribution < 1.29 is 14.7 Å². The Kier molecular flexibility index (Phi) is 4.39. The van der Waals surface area contributed by atoms with E-state index in [4.69, 9.17) is 5.11 Å². The maximum atomic E-state index is 11.9. The number of amides is 2. The molecule has 20 heavy (non-hydrogen) atoms. The van der Waals surface area contributed by atoms with Gasteiger partial charge in [0.1, 0.15) is 0 Å². The van der Waals surface area contributed by atoms with Crippen molar-refractivity contribution in [1.82, 2.24) is 15.2 Å². The standard InChI is InChI=1S/C13H17N3O4/c17-11(18)2-1-5-15-13(20)16-7-4-9-3-6-14-12(19)10(9)8-16/h3,6H,1-2,4-5,7-8H2,(H,14,19)(H,15,20)(H,17,18). The predicted octanol–water partition coefficient (Wildman–Crippen LogP) is 0.307. The van der Waals surface area contributed by atoms with Crippen LogP contribution >= 0.6 is 0 Å². The highest BCUT2D eigenvalue weighted by atomic mass is 16.4. The van der Waals surface area contributed by atoms with Crippen LogP contribution in [0.5, 0.6) is 0 Å². The zero-order chi connectivity index (χ0) is 14.5. The van der Waals surface area contributed by atoms with Gasteiger partial charge < -0.3 is 20.3 Å². The van der Waals surface area contributed by atoms with E-state index in [1.54, 1.807) is 11.1 Å². The fraction of sp³-hybridized carbons (Fsp3) is 0.462. The molecular formula is C13H17N3O4. The van der Waals surface area contributed by atoms with Crippen LogP contribution in [-0.2, 0) is 17.8 Å². The lowest BCUT2D eigenvalue weighted by atomic mass is 10.0. The van der Waals surface area contributed by atoms with E-state index in [0.717, 1.165) is 5.56 Å². The number of hydrogen-bond donors (Lipinski definition) is 3. The van der Waals surface area contributed by atoms with Crippen molar-refractivity contribution in [2.75, 3.05) is 13.1 Å². The normalized spacial score (nSPS) is 13.7. The van der Waals surface area contributed by atoms with Gasteiger partial charge in [-0.05, 0) is 24.5 Å². The monoisotopic (exact) mass is 279 g/mol. The van der Waals surface area contributed by atoms with Crippen LogP contribution in [0.4, 0.5) is 4.79 Å². The number of nitrogens with zero attached hydrogens (tertiary/aromatic N) is 1. The summed E-state index contributed by atoms with van der Waals surface area (Å²) in [7, 11) is 0. The molecule has 0 fully saturated rings. The zero-order valence-corrected chi connectivity index (χ0v) is 11.0. The van der Waals surface area contributed by atoms with Gasteiger partial charge in [0.05, 0.1) is 6.54 Å². The lowest BCUT2D eigenvalue weighted by molar-refractivity contribution is -0.137. The average molecular weight is 279 g/mol. The lowest BCUT2D eigenvalue weighted by Gasteiger charge is -2.28. The largest absolute Gasteiger partial charge is 0.481 e. The molecule has 0 aliphatic carbocycles. The molecule has 0 spiro atoms. The third kappa shape index (κ3) is 3.37. The average Bonchev–Trinajstić information content (AvgIpc) is 2.43. The van der Waals surface area contributed by atoms with Crippen molar-refractivity contribution in [3.8, 4) is 0 Å². The summed E-state index contributed by atoms with van der Waals surface area (Å²) in [5.74, 6) is -0.877. The van der Waals surface area contributed by atoms with Crippen molar-refractivity contribution in [2.45, 2.75) is 25.8 Å². The number of aromatic amines is 1. The smallest absolute Gasteiger partial charge is 0.317 e. The second kappa shape index (κ2) is 6.23. The van der Waals surface area contributed by atoms with E-state index in [-0.39, 0.29) is 24.6 Å². The van der Waals surface area contributed by atoms with E-state index < -0.39 is 5.97 Å². The highest BCUT2D eigenvalue weighted by molar-refractivity contribution is 5.74. The van der Waals surface area contributed by atoms with Gasteiger partial charge >= 0.3 is 12.0 Å². The first-order valence-electron chi connectivity index (χ1n) is 6.52.